The standard InChI is InChI=1S/C17H17ClN2O2/c1-10-11(7-8-21)3-2-4-13(10)17(22)14-9-12(18)5-6-15(14)20-16(17)19/h2-6,9,21-22H,7-8H2,1H3,(H2,19,20). The molecule has 5 heteroatoms. The van der Waals surface area contributed by atoms with Gasteiger partial charge in [-0.15, -0.1) is 0 Å². The van der Waals surface area contributed by atoms with E-state index in [4.69, 9.17) is 17.3 Å². The lowest BCUT2D eigenvalue weighted by Crippen LogP contribution is -2.40. The Hall–Kier alpha value is -1.88. The Labute approximate surface area is 133 Å². The highest BCUT2D eigenvalue weighted by molar-refractivity contribution is 6.30. The quantitative estimate of drug-likeness (QED) is 0.813. The molecule has 0 saturated carbocycles. The first-order chi connectivity index (χ1) is 10.5. The van der Waals surface area contributed by atoms with E-state index in [9.17, 15) is 10.2 Å². The number of nitrogens with zero attached hydrogens (tertiary/aromatic N) is 1. The van der Waals surface area contributed by atoms with Crippen molar-refractivity contribution in [1.29, 1.82) is 0 Å². The SMILES string of the molecule is Cc1c(CCO)cccc1C1(O)C(N)=Nc2ccc(Cl)cc21. The Balaban J connectivity index is 2.22. The number of rotatable bonds is 3. The molecule has 114 valence electrons. The number of amidine groups is 1. The van der Waals surface area contributed by atoms with E-state index in [1.54, 1.807) is 18.2 Å². The Morgan fingerprint density at radius 3 is 2.73 bits per heavy atom. The van der Waals surface area contributed by atoms with Crippen molar-refractivity contribution in [2.24, 2.45) is 10.7 Å². The molecular weight excluding hydrogens is 300 g/mol. The minimum atomic E-state index is -1.49. The Kier molecular flexibility index (Phi) is 3.68. The van der Waals surface area contributed by atoms with Gasteiger partial charge in [-0.05, 0) is 48.2 Å². The number of aliphatic hydroxyl groups is 2. The molecular formula is C17H17ClN2O2. The Morgan fingerprint density at radius 1 is 1.23 bits per heavy atom. The van der Waals surface area contributed by atoms with Crippen molar-refractivity contribution < 1.29 is 10.2 Å². The summed E-state index contributed by atoms with van der Waals surface area (Å²) >= 11 is 6.07. The lowest BCUT2D eigenvalue weighted by Gasteiger charge is -2.27. The van der Waals surface area contributed by atoms with Gasteiger partial charge in [-0.25, -0.2) is 4.99 Å². The lowest BCUT2D eigenvalue weighted by atomic mass is 9.82. The van der Waals surface area contributed by atoms with E-state index in [1.807, 2.05) is 25.1 Å². The maximum absolute atomic E-state index is 11.3. The molecule has 0 amide bonds. The molecule has 22 heavy (non-hydrogen) atoms. The van der Waals surface area contributed by atoms with E-state index in [0.717, 1.165) is 11.1 Å². The molecule has 1 unspecified atom stereocenters. The van der Waals surface area contributed by atoms with Gasteiger partial charge in [0.05, 0.1) is 5.69 Å². The molecule has 0 bridgehead atoms. The number of hydrogen-bond donors (Lipinski definition) is 3. The second-order valence-corrected chi connectivity index (χ2v) is 5.87. The monoisotopic (exact) mass is 316 g/mol. The molecule has 0 aromatic heterocycles. The molecule has 1 heterocycles. The van der Waals surface area contributed by atoms with Gasteiger partial charge in [0.2, 0.25) is 0 Å². The van der Waals surface area contributed by atoms with Gasteiger partial charge >= 0.3 is 0 Å². The van der Waals surface area contributed by atoms with Crippen LogP contribution in [0, 0.1) is 6.92 Å². The Morgan fingerprint density at radius 2 is 2.00 bits per heavy atom. The van der Waals surface area contributed by atoms with E-state index in [2.05, 4.69) is 4.99 Å². The molecule has 1 atom stereocenters. The van der Waals surface area contributed by atoms with E-state index < -0.39 is 5.60 Å². The molecule has 0 spiro atoms. The molecule has 0 aliphatic carbocycles. The number of benzene rings is 2. The Bertz CT molecular complexity index is 773. The lowest BCUT2D eigenvalue weighted by molar-refractivity contribution is 0.157. The average molecular weight is 317 g/mol. The van der Waals surface area contributed by atoms with Gasteiger partial charge in [-0.2, -0.15) is 0 Å². The van der Waals surface area contributed by atoms with Crippen LogP contribution in [0.5, 0.6) is 0 Å². The zero-order valence-electron chi connectivity index (χ0n) is 12.2. The number of fused-ring (bicyclic) bond motifs is 1. The van der Waals surface area contributed by atoms with Gasteiger partial charge in [0.25, 0.3) is 0 Å². The normalized spacial score (nSPS) is 19.9. The van der Waals surface area contributed by atoms with E-state index in [1.165, 1.54) is 0 Å². The molecule has 1 aliphatic rings. The summed E-state index contributed by atoms with van der Waals surface area (Å²) in [5.74, 6) is 0.133. The fraction of sp³-hybridized carbons (Fsp3) is 0.235. The molecule has 4 nitrogen and oxygen atoms in total. The van der Waals surface area contributed by atoms with Crippen LogP contribution < -0.4 is 5.73 Å². The van der Waals surface area contributed by atoms with E-state index in [-0.39, 0.29) is 12.4 Å². The third-order valence-corrected chi connectivity index (χ3v) is 4.41. The third-order valence-electron chi connectivity index (χ3n) is 4.18. The third kappa shape index (κ3) is 2.11. The maximum Gasteiger partial charge on any atom is 0.174 e. The van der Waals surface area contributed by atoms with Crippen molar-refractivity contribution >= 4 is 23.1 Å². The highest BCUT2D eigenvalue weighted by Gasteiger charge is 2.43. The van der Waals surface area contributed by atoms with Gasteiger partial charge in [0, 0.05) is 17.2 Å². The minimum absolute atomic E-state index is 0.0503. The number of aliphatic imine (C=N–C) groups is 1. The van der Waals surface area contributed by atoms with Crippen LogP contribution in [-0.2, 0) is 12.0 Å². The van der Waals surface area contributed by atoms with Crippen LogP contribution in [0.25, 0.3) is 0 Å². The number of aliphatic hydroxyl groups excluding tert-OH is 1. The van der Waals surface area contributed by atoms with Crippen LogP contribution in [-0.4, -0.2) is 22.7 Å². The molecule has 0 radical (unpaired) electrons. The van der Waals surface area contributed by atoms with E-state index in [0.29, 0.717) is 28.3 Å². The summed E-state index contributed by atoms with van der Waals surface area (Å²) in [6.45, 7) is 1.96. The first-order valence-corrected chi connectivity index (χ1v) is 7.43. The fourth-order valence-electron chi connectivity index (χ4n) is 2.99. The van der Waals surface area contributed by atoms with Gasteiger partial charge in [0.1, 0.15) is 5.84 Å². The van der Waals surface area contributed by atoms with Crippen LogP contribution in [0.1, 0.15) is 22.3 Å². The second kappa shape index (κ2) is 5.39. The van der Waals surface area contributed by atoms with Gasteiger partial charge in [0.15, 0.2) is 5.60 Å². The number of halogens is 1. The highest BCUT2D eigenvalue weighted by atomic mass is 35.5. The summed E-state index contributed by atoms with van der Waals surface area (Å²) < 4.78 is 0. The average Bonchev–Trinajstić information content (AvgIpc) is 2.74. The summed E-state index contributed by atoms with van der Waals surface area (Å²) in [7, 11) is 0. The van der Waals surface area contributed by atoms with Gasteiger partial charge < -0.3 is 15.9 Å². The second-order valence-electron chi connectivity index (χ2n) is 5.43. The molecule has 0 fully saturated rings. The van der Waals surface area contributed by atoms with Crippen molar-refractivity contribution in [2.75, 3.05) is 6.61 Å². The summed E-state index contributed by atoms with van der Waals surface area (Å²) in [6, 6.07) is 10.8. The van der Waals surface area contributed by atoms with Gasteiger partial charge in [-0.3, -0.25) is 0 Å². The van der Waals surface area contributed by atoms with Crippen LogP contribution in [0.2, 0.25) is 5.02 Å². The molecule has 2 aromatic rings. The smallest absolute Gasteiger partial charge is 0.174 e. The zero-order valence-corrected chi connectivity index (χ0v) is 12.9. The molecule has 2 aromatic carbocycles. The van der Waals surface area contributed by atoms with Crippen molar-refractivity contribution in [1.82, 2.24) is 0 Å². The minimum Gasteiger partial charge on any atom is -0.396 e. The van der Waals surface area contributed by atoms with Crippen LogP contribution in [0.3, 0.4) is 0 Å². The van der Waals surface area contributed by atoms with Crippen molar-refractivity contribution in [3.63, 3.8) is 0 Å². The van der Waals surface area contributed by atoms with Crippen molar-refractivity contribution in [3.05, 3.63) is 63.7 Å². The summed E-state index contributed by atoms with van der Waals surface area (Å²) in [5, 5.41) is 21.0. The summed E-state index contributed by atoms with van der Waals surface area (Å²) in [4.78, 5) is 4.28. The van der Waals surface area contributed by atoms with Crippen molar-refractivity contribution in [2.45, 2.75) is 18.9 Å². The summed E-state index contributed by atoms with van der Waals surface area (Å²) in [5.41, 5.74) is 8.29. The molecule has 0 saturated heterocycles. The molecule has 3 rings (SSSR count). The van der Waals surface area contributed by atoms with E-state index >= 15 is 0 Å². The van der Waals surface area contributed by atoms with Crippen LogP contribution in [0.15, 0.2) is 41.4 Å². The van der Waals surface area contributed by atoms with Crippen LogP contribution in [0.4, 0.5) is 5.69 Å². The maximum atomic E-state index is 11.3. The van der Waals surface area contributed by atoms with Crippen LogP contribution >= 0.6 is 11.6 Å². The van der Waals surface area contributed by atoms with Crippen molar-refractivity contribution in [3.8, 4) is 0 Å². The zero-order chi connectivity index (χ0) is 15.9. The highest BCUT2D eigenvalue weighted by Crippen LogP contribution is 2.44. The number of nitrogens with two attached hydrogens (primary N) is 1. The topological polar surface area (TPSA) is 78.8 Å². The summed E-state index contributed by atoms with van der Waals surface area (Å²) in [6.07, 6.45) is 0.523. The first kappa shape index (κ1) is 15.0. The first-order valence-electron chi connectivity index (χ1n) is 7.05. The van der Waals surface area contributed by atoms with Gasteiger partial charge in [-0.1, -0.05) is 29.8 Å². The molecule has 4 N–H and O–H groups in total. The molecule has 1 aliphatic heterocycles. The number of hydrogen-bond acceptors (Lipinski definition) is 4. The predicted octanol–water partition coefficient (Wildman–Crippen LogP) is 2.42. The largest absolute Gasteiger partial charge is 0.396 e. The fourth-order valence-corrected chi connectivity index (χ4v) is 3.17. The predicted molar refractivity (Wildman–Crippen MR) is 87.7 cm³/mol.